The summed E-state index contributed by atoms with van der Waals surface area (Å²) < 4.78 is 5.65. The first-order chi connectivity index (χ1) is 16.5. The number of alkyl carbamates (subject to hydrolysis) is 1. The van der Waals surface area contributed by atoms with Gasteiger partial charge in [0, 0.05) is 18.4 Å². The number of fused-ring (bicyclic) bond motifs is 3. The van der Waals surface area contributed by atoms with Crippen LogP contribution < -0.4 is 10.6 Å². The van der Waals surface area contributed by atoms with Crippen LogP contribution >= 0.6 is 0 Å². The fourth-order valence-corrected chi connectivity index (χ4v) is 5.11. The molecule has 2 aliphatic rings. The van der Waals surface area contributed by atoms with Crippen LogP contribution in [0.15, 0.2) is 48.5 Å². The molecule has 2 aliphatic carbocycles. The monoisotopic (exact) mass is 466 g/mol. The normalized spacial score (nSPS) is 20.0. The minimum Gasteiger partial charge on any atom is -0.480 e. The van der Waals surface area contributed by atoms with Gasteiger partial charge in [-0.15, -0.1) is 0 Å². The lowest BCUT2D eigenvalue weighted by Gasteiger charge is -2.32. The fourth-order valence-electron chi connectivity index (χ4n) is 5.11. The molecule has 34 heavy (non-hydrogen) atoms. The SMILES string of the molecule is O=C(C[C@H]1CCCC[C@H]1NC(=O)OCC1c2ccccc2-c2ccccc21)N[C@@H](CO)C(=O)O. The summed E-state index contributed by atoms with van der Waals surface area (Å²) in [5.41, 5.74) is 4.60. The third-order valence-electron chi connectivity index (χ3n) is 6.82. The number of carbonyl (C=O) groups excluding carboxylic acids is 2. The number of ether oxygens (including phenoxy) is 1. The number of benzene rings is 2. The average molecular weight is 467 g/mol. The van der Waals surface area contributed by atoms with E-state index < -0.39 is 30.6 Å². The summed E-state index contributed by atoms with van der Waals surface area (Å²) in [6, 6.07) is 14.7. The molecule has 0 unspecified atom stereocenters. The summed E-state index contributed by atoms with van der Waals surface area (Å²) in [4.78, 5) is 36.1. The van der Waals surface area contributed by atoms with Gasteiger partial charge in [0.15, 0.2) is 0 Å². The summed E-state index contributed by atoms with van der Waals surface area (Å²) in [6.07, 6.45) is 2.91. The predicted octanol–water partition coefficient (Wildman–Crippen LogP) is 3.04. The molecule has 3 atom stereocenters. The summed E-state index contributed by atoms with van der Waals surface area (Å²) in [5, 5.41) is 23.4. The van der Waals surface area contributed by atoms with Gasteiger partial charge in [0.05, 0.1) is 6.61 Å². The molecular weight excluding hydrogens is 436 g/mol. The largest absolute Gasteiger partial charge is 0.480 e. The van der Waals surface area contributed by atoms with Crippen molar-refractivity contribution in [2.24, 2.45) is 5.92 Å². The van der Waals surface area contributed by atoms with Crippen LogP contribution in [0.2, 0.25) is 0 Å². The van der Waals surface area contributed by atoms with Crippen molar-refractivity contribution in [2.75, 3.05) is 13.2 Å². The van der Waals surface area contributed by atoms with Crippen LogP contribution in [0, 0.1) is 5.92 Å². The average Bonchev–Trinajstić information content (AvgIpc) is 3.16. The Bertz CT molecular complexity index is 1010. The zero-order chi connectivity index (χ0) is 24.1. The molecule has 2 aromatic carbocycles. The minimum absolute atomic E-state index is 0.0301. The number of aliphatic carboxylic acids is 1. The van der Waals surface area contributed by atoms with Gasteiger partial charge in [-0.05, 0) is 41.0 Å². The van der Waals surface area contributed by atoms with E-state index in [2.05, 4.69) is 34.9 Å². The first-order valence-corrected chi connectivity index (χ1v) is 11.7. The number of aliphatic hydroxyl groups excluding tert-OH is 1. The summed E-state index contributed by atoms with van der Waals surface area (Å²) >= 11 is 0. The van der Waals surface area contributed by atoms with Crippen LogP contribution in [0.4, 0.5) is 4.79 Å². The van der Waals surface area contributed by atoms with Gasteiger partial charge in [0.1, 0.15) is 12.6 Å². The Morgan fingerprint density at radius 2 is 1.59 bits per heavy atom. The van der Waals surface area contributed by atoms with Gasteiger partial charge in [0.2, 0.25) is 5.91 Å². The Hall–Kier alpha value is -3.39. The number of rotatable bonds is 8. The molecule has 8 heteroatoms. The van der Waals surface area contributed by atoms with Crippen LogP contribution in [0.3, 0.4) is 0 Å². The van der Waals surface area contributed by atoms with Gasteiger partial charge in [-0.3, -0.25) is 4.79 Å². The van der Waals surface area contributed by atoms with Gasteiger partial charge in [-0.2, -0.15) is 0 Å². The highest BCUT2D eigenvalue weighted by Crippen LogP contribution is 2.44. The quantitative estimate of drug-likeness (QED) is 0.474. The van der Waals surface area contributed by atoms with Crippen molar-refractivity contribution in [3.05, 3.63) is 59.7 Å². The molecule has 2 aromatic rings. The van der Waals surface area contributed by atoms with Crippen molar-refractivity contribution < 1.29 is 29.3 Å². The maximum Gasteiger partial charge on any atom is 0.407 e. The Morgan fingerprint density at radius 1 is 0.971 bits per heavy atom. The molecule has 4 rings (SSSR count). The van der Waals surface area contributed by atoms with Crippen molar-refractivity contribution in [1.29, 1.82) is 0 Å². The third kappa shape index (κ3) is 5.22. The van der Waals surface area contributed by atoms with Crippen molar-refractivity contribution in [3.8, 4) is 11.1 Å². The van der Waals surface area contributed by atoms with Gasteiger partial charge in [-0.1, -0.05) is 61.4 Å². The molecule has 4 N–H and O–H groups in total. The van der Waals surface area contributed by atoms with Crippen LogP contribution in [0.5, 0.6) is 0 Å². The summed E-state index contributed by atoms with van der Waals surface area (Å²) in [5.74, 6) is -1.89. The maximum absolute atomic E-state index is 12.7. The van der Waals surface area contributed by atoms with E-state index in [1.54, 1.807) is 0 Å². The smallest absolute Gasteiger partial charge is 0.407 e. The van der Waals surface area contributed by atoms with Gasteiger partial charge in [0.25, 0.3) is 0 Å². The molecule has 8 nitrogen and oxygen atoms in total. The molecule has 1 fully saturated rings. The van der Waals surface area contributed by atoms with E-state index >= 15 is 0 Å². The van der Waals surface area contributed by atoms with Crippen molar-refractivity contribution in [2.45, 2.75) is 50.1 Å². The molecule has 1 saturated carbocycles. The lowest BCUT2D eigenvalue weighted by molar-refractivity contribution is -0.143. The third-order valence-corrected chi connectivity index (χ3v) is 6.82. The molecular formula is C26H30N2O6. The second-order valence-electron chi connectivity index (χ2n) is 8.97. The number of carboxylic acid groups (broad SMARTS) is 1. The van der Waals surface area contributed by atoms with E-state index in [0.29, 0.717) is 0 Å². The molecule has 0 radical (unpaired) electrons. The highest BCUT2D eigenvalue weighted by Gasteiger charge is 2.32. The van der Waals surface area contributed by atoms with Crippen LogP contribution in [-0.2, 0) is 14.3 Å². The zero-order valence-corrected chi connectivity index (χ0v) is 18.9. The first-order valence-electron chi connectivity index (χ1n) is 11.7. The van der Waals surface area contributed by atoms with E-state index in [4.69, 9.17) is 14.9 Å². The van der Waals surface area contributed by atoms with E-state index in [0.717, 1.165) is 47.9 Å². The Balaban J connectivity index is 1.35. The fraction of sp³-hybridized carbons (Fsp3) is 0.423. The van der Waals surface area contributed by atoms with Gasteiger partial charge >= 0.3 is 12.1 Å². The Morgan fingerprint density at radius 3 is 2.21 bits per heavy atom. The Labute approximate surface area is 198 Å². The molecule has 0 heterocycles. The predicted molar refractivity (Wildman–Crippen MR) is 125 cm³/mol. The molecule has 2 amide bonds. The molecule has 0 saturated heterocycles. The second-order valence-corrected chi connectivity index (χ2v) is 8.97. The summed E-state index contributed by atoms with van der Waals surface area (Å²) in [6.45, 7) is -0.457. The topological polar surface area (TPSA) is 125 Å². The molecule has 0 aliphatic heterocycles. The lowest BCUT2D eigenvalue weighted by Crippen LogP contribution is -2.47. The lowest BCUT2D eigenvalue weighted by atomic mass is 9.82. The van der Waals surface area contributed by atoms with Crippen LogP contribution in [0.1, 0.15) is 49.1 Å². The van der Waals surface area contributed by atoms with E-state index in [1.807, 2.05) is 24.3 Å². The van der Waals surface area contributed by atoms with E-state index in [1.165, 1.54) is 0 Å². The maximum atomic E-state index is 12.7. The Kier molecular flexibility index (Phi) is 7.47. The highest BCUT2D eigenvalue weighted by atomic mass is 16.5. The summed E-state index contributed by atoms with van der Waals surface area (Å²) in [7, 11) is 0. The van der Waals surface area contributed by atoms with Crippen molar-refractivity contribution >= 4 is 18.0 Å². The highest BCUT2D eigenvalue weighted by molar-refractivity contribution is 5.84. The number of carboxylic acids is 1. The van der Waals surface area contributed by atoms with Crippen molar-refractivity contribution in [3.63, 3.8) is 0 Å². The standard InChI is InChI=1S/C26H30N2O6/c29-14-23(25(31)32)27-24(30)13-16-7-1-6-12-22(16)28-26(33)34-15-21-19-10-4-2-8-17(19)18-9-3-5-11-20(18)21/h2-5,8-11,16,21-23,29H,1,6-7,12-15H2,(H,27,30)(H,28,33)(H,31,32)/t16-,22-,23+/m1/s1. The van der Waals surface area contributed by atoms with Crippen molar-refractivity contribution in [1.82, 2.24) is 10.6 Å². The molecule has 0 aromatic heterocycles. The number of hydrogen-bond donors (Lipinski definition) is 4. The molecule has 0 bridgehead atoms. The minimum atomic E-state index is -1.33. The number of aliphatic hydroxyl groups is 1. The van der Waals surface area contributed by atoms with Gasteiger partial charge in [-0.25, -0.2) is 9.59 Å². The molecule has 0 spiro atoms. The van der Waals surface area contributed by atoms with Crippen LogP contribution in [0.25, 0.3) is 11.1 Å². The van der Waals surface area contributed by atoms with E-state index in [-0.39, 0.29) is 30.9 Å². The number of nitrogens with one attached hydrogen (secondary N) is 2. The van der Waals surface area contributed by atoms with Gasteiger partial charge < -0.3 is 25.6 Å². The van der Waals surface area contributed by atoms with E-state index in [9.17, 15) is 14.4 Å². The zero-order valence-electron chi connectivity index (χ0n) is 18.9. The second kappa shape index (κ2) is 10.7. The van der Waals surface area contributed by atoms with Crippen LogP contribution in [-0.4, -0.2) is 53.5 Å². The number of amides is 2. The first kappa shape index (κ1) is 23.8. The molecule has 180 valence electrons. The number of carbonyl (C=O) groups is 3. The number of hydrogen-bond acceptors (Lipinski definition) is 5.